The van der Waals surface area contributed by atoms with Crippen molar-refractivity contribution in [2.75, 3.05) is 31.1 Å². The number of nitrogens with zero attached hydrogens (tertiary/aromatic N) is 3. The van der Waals surface area contributed by atoms with E-state index in [0.29, 0.717) is 47.6 Å². The minimum atomic E-state index is -3.60. The van der Waals surface area contributed by atoms with Gasteiger partial charge in [0.25, 0.3) is 5.91 Å². The molecule has 1 amide bonds. The number of halogens is 1. The second-order valence-corrected chi connectivity index (χ2v) is 12.2. The molecule has 10 heteroatoms. The van der Waals surface area contributed by atoms with Gasteiger partial charge in [0.05, 0.1) is 22.2 Å². The van der Waals surface area contributed by atoms with Gasteiger partial charge in [0.1, 0.15) is 11.3 Å². The smallest absolute Gasteiger partial charge is 0.260 e. The molecule has 2 aliphatic rings. The van der Waals surface area contributed by atoms with Crippen molar-refractivity contribution in [1.29, 1.82) is 0 Å². The summed E-state index contributed by atoms with van der Waals surface area (Å²) in [5, 5.41) is 0.393. The zero-order chi connectivity index (χ0) is 24.6. The third-order valence-corrected chi connectivity index (χ3v) is 9.68. The molecule has 2 aliphatic heterocycles. The van der Waals surface area contributed by atoms with E-state index in [1.807, 2.05) is 0 Å². The van der Waals surface area contributed by atoms with Gasteiger partial charge in [0.2, 0.25) is 10.0 Å². The number of amides is 1. The number of benzene rings is 2. The first kappa shape index (κ1) is 24.3. The number of para-hydroxylation sites is 1. The van der Waals surface area contributed by atoms with E-state index in [2.05, 4.69) is 11.9 Å². The molecule has 1 atom stereocenters. The van der Waals surface area contributed by atoms with Crippen LogP contribution in [0.2, 0.25) is 0 Å². The molecule has 7 nitrogen and oxygen atoms in total. The predicted molar refractivity (Wildman–Crippen MR) is 134 cm³/mol. The number of carbonyl (C=O) groups excluding carboxylic acids is 1. The number of anilines is 1. The Kier molecular flexibility index (Phi) is 6.89. The molecule has 1 aromatic heterocycles. The summed E-state index contributed by atoms with van der Waals surface area (Å²) in [7, 11) is -3.60. The van der Waals surface area contributed by atoms with Gasteiger partial charge in [-0.2, -0.15) is 4.31 Å². The fourth-order valence-electron chi connectivity index (χ4n) is 4.56. The zero-order valence-corrected chi connectivity index (χ0v) is 21.2. The van der Waals surface area contributed by atoms with Crippen LogP contribution in [0.5, 0.6) is 0 Å². The van der Waals surface area contributed by atoms with Crippen LogP contribution in [-0.2, 0) is 14.8 Å². The Morgan fingerprint density at radius 1 is 1.17 bits per heavy atom. The van der Waals surface area contributed by atoms with Crippen LogP contribution in [0.3, 0.4) is 0 Å². The Balaban J connectivity index is 1.42. The number of piperidine rings is 1. The van der Waals surface area contributed by atoms with E-state index < -0.39 is 15.8 Å². The summed E-state index contributed by atoms with van der Waals surface area (Å²) in [6.07, 6.45) is 3.31. The zero-order valence-electron chi connectivity index (χ0n) is 19.5. The van der Waals surface area contributed by atoms with Crippen molar-refractivity contribution in [3.8, 4) is 0 Å². The van der Waals surface area contributed by atoms with Crippen molar-refractivity contribution in [3.63, 3.8) is 0 Å². The Morgan fingerprint density at radius 2 is 1.91 bits per heavy atom. The molecule has 5 rings (SSSR count). The molecule has 0 radical (unpaired) electrons. The number of aromatic nitrogens is 1. The van der Waals surface area contributed by atoms with E-state index in [1.54, 1.807) is 12.1 Å². The number of sulfonamides is 1. The van der Waals surface area contributed by atoms with Gasteiger partial charge in [-0.3, -0.25) is 9.69 Å². The average Bonchev–Trinajstić information content (AvgIpc) is 3.53. The third kappa shape index (κ3) is 4.97. The van der Waals surface area contributed by atoms with Crippen LogP contribution in [0, 0.1) is 11.7 Å². The molecule has 2 aromatic carbocycles. The molecule has 0 spiro atoms. The molecule has 0 N–H and O–H groups in total. The summed E-state index contributed by atoms with van der Waals surface area (Å²) in [5.74, 6) is -0.237. The van der Waals surface area contributed by atoms with Gasteiger partial charge >= 0.3 is 0 Å². The largest absolute Gasteiger partial charge is 0.376 e. The van der Waals surface area contributed by atoms with Crippen molar-refractivity contribution < 1.29 is 22.3 Å². The molecular weight excluding hydrogens is 489 g/mol. The molecule has 0 saturated carbocycles. The van der Waals surface area contributed by atoms with E-state index in [-0.39, 0.29) is 22.4 Å². The molecule has 3 aromatic rings. The Labute approximate surface area is 208 Å². The molecule has 186 valence electrons. The first-order chi connectivity index (χ1) is 16.8. The lowest BCUT2D eigenvalue weighted by atomic mass is 10.0. The normalized spacial score (nSPS) is 19.9. The number of hydrogen-bond acceptors (Lipinski definition) is 6. The number of fused-ring (bicyclic) bond motifs is 1. The lowest BCUT2D eigenvalue weighted by Crippen LogP contribution is -2.38. The van der Waals surface area contributed by atoms with Gasteiger partial charge in [0, 0.05) is 25.3 Å². The number of carbonyl (C=O) groups is 1. The van der Waals surface area contributed by atoms with E-state index in [1.165, 1.54) is 50.9 Å². The van der Waals surface area contributed by atoms with Crippen molar-refractivity contribution in [3.05, 3.63) is 53.8 Å². The number of thiazole rings is 1. The summed E-state index contributed by atoms with van der Waals surface area (Å²) in [5.41, 5.74) is 0.573. The number of ether oxygens (including phenoxy) is 1. The van der Waals surface area contributed by atoms with Crippen molar-refractivity contribution in [2.24, 2.45) is 5.92 Å². The number of hydrogen-bond donors (Lipinski definition) is 0. The first-order valence-corrected chi connectivity index (χ1v) is 14.2. The van der Waals surface area contributed by atoms with Gasteiger partial charge in [0.15, 0.2) is 5.13 Å². The molecule has 3 heterocycles. The summed E-state index contributed by atoms with van der Waals surface area (Å²) in [6.45, 7) is 4.09. The summed E-state index contributed by atoms with van der Waals surface area (Å²) in [4.78, 5) is 19.7. The fourth-order valence-corrected chi connectivity index (χ4v) is 7.02. The fraction of sp³-hybridized carbons (Fsp3) is 0.440. The Bertz CT molecular complexity index is 1310. The topological polar surface area (TPSA) is 79.8 Å². The van der Waals surface area contributed by atoms with E-state index in [0.717, 1.165) is 25.7 Å². The molecule has 1 unspecified atom stereocenters. The highest BCUT2D eigenvalue weighted by molar-refractivity contribution is 7.89. The first-order valence-electron chi connectivity index (χ1n) is 11.9. The van der Waals surface area contributed by atoms with Crippen LogP contribution in [0.1, 0.15) is 43.0 Å². The van der Waals surface area contributed by atoms with E-state index in [4.69, 9.17) is 4.74 Å². The molecule has 2 saturated heterocycles. The minimum absolute atomic E-state index is 0.128. The monoisotopic (exact) mass is 517 g/mol. The maximum Gasteiger partial charge on any atom is 0.260 e. The highest BCUT2D eigenvalue weighted by atomic mass is 32.2. The van der Waals surface area contributed by atoms with Gasteiger partial charge in [-0.1, -0.05) is 24.3 Å². The van der Waals surface area contributed by atoms with Crippen LogP contribution in [0.4, 0.5) is 9.52 Å². The average molecular weight is 518 g/mol. The van der Waals surface area contributed by atoms with Crippen LogP contribution < -0.4 is 4.90 Å². The quantitative estimate of drug-likeness (QED) is 0.474. The van der Waals surface area contributed by atoms with Crippen molar-refractivity contribution in [1.82, 2.24) is 9.29 Å². The second-order valence-electron chi connectivity index (χ2n) is 9.24. The predicted octanol–water partition coefficient (Wildman–Crippen LogP) is 4.68. The highest BCUT2D eigenvalue weighted by Crippen LogP contribution is 2.32. The van der Waals surface area contributed by atoms with Crippen molar-refractivity contribution >= 4 is 42.6 Å². The Morgan fingerprint density at radius 3 is 2.57 bits per heavy atom. The lowest BCUT2D eigenvalue weighted by Gasteiger charge is -2.29. The molecule has 0 aliphatic carbocycles. The van der Waals surface area contributed by atoms with Crippen LogP contribution in [-0.4, -0.2) is 56.0 Å². The Hall–Kier alpha value is -2.40. The lowest BCUT2D eigenvalue weighted by molar-refractivity contribution is 0.0917. The summed E-state index contributed by atoms with van der Waals surface area (Å²) in [6, 6.07) is 10.8. The summed E-state index contributed by atoms with van der Waals surface area (Å²) < 4.78 is 48.3. The van der Waals surface area contributed by atoms with Gasteiger partial charge in [-0.25, -0.2) is 17.8 Å². The second kappa shape index (κ2) is 9.93. The van der Waals surface area contributed by atoms with Gasteiger partial charge in [-0.05, 0) is 68.0 Å². The van der Waals surface area contributed by atoms with E-state index >= 15 is 0 Å². The van der Waals surface area contributed by atoms with Crippen LogP contribution in [0.25, 0.3) is 10.2 Å². The van der Waals surface area contributed by atoms with Gasteiger partial charge < -0.3 is 4.74 Å². The highest BCUT2D eigenvalue weighted by Gasteiger charge is 2.30. The molecule has 35 heavy (non-hydrogen) atoms. The van der Waals surface area contributed by atoms with Gasteiger partial charge in [-0.15, -0.1) is 0 Å². The van der Waals surface area contributed by atoms with Crippen LogP contribution >= 0.6 is 11.3 Å². The SMILES string of the molecule is CC1CCN(S(=O)(=O)c2ccc(C(=O)N(CC3CCCO3)c3nc4c(F)cccc4s3)cc2)CC1. The van der Waals surface area contributed by atoms with E-state index in [9.17, 15) is 17.6 Å². The summed E-state index contributed by atoms with van der Waals surface area (Å²) >= 11 is 1.25. The maximum atomic E-state index is 14.3. The molecule has 0 bridgehead atoms. The number of rotatable bonds is 6. The standard InChI is InChI=1S/C25H28FN3O4S2/c1-17-11-13-28(14-12-17)35(31,32)20-9-7-18(8-10-20)24(30)29(16-19-4-3-15-33-19)25-27-23-21(26)5-2-6-22(23)34-25/h2,5-10,17,19H,3-4,11-16H2,1H3. The third-order valence-electron chi connectivity index (χ3n) is 6.73. The van der Waals surface area contributed by atoms with Crippen LogP contribution in [0.15, 0.2) is 47.4 Å². The minimum Gasteiger partial charge on any atom is -0.376 e. The van der Waals surface area contributed by atoms with Crippen molar-refractivity contribution in [2.45, 2.75) is 43.6 Å². The molecule has 2 fully saturated rings. The maximum absolute atomic E-state index is 14.3. The molecular formula is C25H28FN3O4S2.